The molecule has 4 atom stereocenters. The molecule has 2 aromatic rings. The first-order valence-electron chi connectivity index (χ1n) is 12.3. The second-order valence-electron chi connectivity index (χ2n) is 9.87. The van der Waals surface area contributed by atoms with Crippen molar-refractivity contribution < 1.29 is 36.7 Å². The van der Waals surface area contributed by atoms with Gasteiger partial charge in [-0.1, -0.05) is 45.9 Å². The summed E-state index contributed by atoms with van der Waals surface area (Å²) >= 11 is 0. The number of hydrogen-bond donors (Lipinski definition) is 2. The predicted octanol–water partition coefficient (Wildman–Crippen LogP) is 3.00. The van der Waals surface area contributed by atoms with E-state index in [1.807, 2.05) is 0 Å². The van der Waals surface area contributed by atoms with Gasteiger partial charge in [0.15, 0.2) is 6.10 Å². The van der Waals surface area contributed by atoms with Crippen LogP contribution in [0.2, 0.25) is 0 Å². The molecule has 0 aliphatic carbocycles. The molecule has 208 valence electrons. The van der Waals surface area contributed by atoms with Gasteiger partial charge in [0.25, 0.3) is 5.89 Å². The number of benzene rings is 1. The van der Waals surface area contributed by atoms with Gasteiger partial charge in [-0.3, -0.25) is 9.59 Å². The summed E-state index contributed by atoms with van der Waals surface area (Å²) in [6.07, 6.45) is -6.15. The number of esters is 1. The van der Waals surface area contributed by atoms with Crippen molar-refractivity contribution in [3.63, 3.8) is 0 Å². The van der Waals surface area contributed by atoms with Crippen LogP contribution in [-0.4, -0.2) is 63.7 Å². The van der Waals surface area contributed by atoms with Crippen LogP contribution in [0.25, 0.3) is 11.5 Å². The highest BCUT2D eigenvalue weighted by Gasteiger charge is 2.46. The van der Waals surface area contributed by atoms with Crippen LogP contribution >= 0.6 is 0 Å². The standard InChI is InChI=1S/C25H32F3N5O5/c1-13(2)17(29)23(35)33-12-8-11-16(33)20(34)30-18(14(3)4)19(37-24(36)25(26,27)28)22-32-31-21(38-22)15-9-6-5-7-10-15/h5-7,9-10,13-14,16-19H,8,11-12,29H2,1-4H3,(H,30,34)/t16-,17+,18?,19+/m1/s1. The maximum absolute atomic E-state index is 13.3. The lowest BCUT2D eigenvalue weighted by molar-refractivity contribution is -0.208. The summed E-state index contributed by atoms with van der Waals surface area (Å²) in [5.74, 6) is -4.58. The third kappa shape index (κ3) is 6.69. The summed E-state index contributed by atoms with van der Waals surface area (Å²) in [5.41, 5.74) is 6.51. The molecule has 3 N–H and O–H groups in total. The molecule has 1 fully saturated rings. The molecule has 0 saturated carbocycles. The van der Waals surface area contributed by atoms with Gasteiger partial charge in [-0.15, -0.1) is 10.2 Å². The quantitative estimate of drug-likeness (QED) is 0.464. The first-order chi connectivity index (χ1) is 17.8. The third-order valence-electron chi connectivity index (χ3n) is 6.37. The molecule has 0 bridgehead atoms. The third-order valence-corrected chi connectivity index (χ3v) is 6.37. The molecule has 3 rings (SSSR count). The number of nitrogens with one attached hydrogen (secondary N) is 1. The number of halogens is 3. The fourth-order valence-electron chi connectivity index (χ4n) is 4.14. The number of carbonyl (C=O) groups is 3. The normalized spacial score (nSPS) is 18.4. The molecule has 2 amide bonds. The second-order valence-corrected chi connectivity index (χ2v) is 9.87. The Labute approximate surface area is 218 Å². The number of amides is 2. The zero-order chi connectivity index (χ0) is 28.2. The van der Waals surface area contributed by atoms with Crippen molar-refractivity contribution in [1.29, 1.82) is 0 Å². The lowest BCUT2D eigenvalue weighted by Gasteiger charge is -2.32. The Bertz CT molecular complexity index is 1120. The molecule has 1 aliphatic heterocycles. The molecular formula is C25H32F3N5O5. The van der Waals surface area contributed by atoms with Crippen LogP contribution in [0, 0.1) is 11.8 Å². The maximum atomic E-state index is 13.3. The Morgan fingerprint density at radius 1 is 1.11 bits per heavy atom. The number of ether oxygens (including phenoxy) is 1. The zero-order valence-electron chi connectivity index (χ0n) is 21.6. The van der Waals surface area contributed by atoms with Crippen molar-refractivity contribution >= 4 is 17.8 Å². The largest absolute Gasteiger partial charge is 0.490 e. The summed E-state index contributed by atoms with van der Waals surface area (Å²) in [6, 6.07) is 5.61. The summed E-state index contributed by atoms with van der Waals surface area (Å²) in [5, 5.41) is 10.4. The van der Waals surface area contributed by atoms with Gasteiger partial charge in [-0.2, -0.15) is 13.2 Å². The minimum Gasteiger partial charge on any atom is -0.443 e. The van der Waals surface area contributed by atoms with Gasteiger partial charge >= 0.3 is 12.1 Å². The van der Waals surface area contributed by atoms with E-state index in [1.54, 1.807) is 58.0 Å². The molecule has 1 aliphatic rings. The number of nitrogens with two attached hydrogens (primary N) is 1. The lowest BCUT2D eigenvalue weighted by atomic mass is 9.97. The number of nitrogens with zero attached hydrogens (tertiary/aromatic N) is 3. The van der Waals surface area contributed by atoms with Crippen molar-refractivity contribution in [2.24, 2.45) is 17.6 Å². The van der Waals surface area contributed by atoms with E-state index >= 15 is 0 Å². The van der Waals surface area contributed by atoms with Crippen LogP contribution in [0.5, 0.6) is 0 Å². The predicted molar refractivity (Wildman–Crippen MR) is 129 cm³/mol. The Balaban J connectivity index is 1.91. The zero-order valence-corrected chi connectivity index (χ0v) is 21.6. The smallest absolute Gasteiger partial charge is 0.443 e. The van der Waals surface area contributed by atoms with Gasteiger partial charge in [-0.05, 0) is 36.8 Å². The fourth-order valence-corrected chi connectivity index (χ4v) is 4.14. The van der Waals surface area contributed by atoms with Gasteiger partial charge in [0.05, 0.1) is 12.1 Å². The van der Waals surface area contributed by atoms with Gasteiger partial charge in [0.2, 0.25) is 17.7 Å². The maximum Gasteiger partial charge on any atom is 0.490 e. The second kappa shape index (κ2) is 11.9. The fraction of sp³-hybridized carbons (Fsp3) is 0.560. The molecule has 1 unspecified atom stereocenters. The van der Waals surface area contributed by atoms with Crippen LogP contribution in [0.15, 0.2) is 34.7 Å². The molecule has 13 heteroatoms. The van der Waals surface area contributed by atoms with Crippen LogP contribution in [0.1, 0.15) is 52.5 Å². The van der Waals surface area contributed by atoms with Crippen molar-refractivity contribution in [2.45, 2.75) is 70.9 Å². The summed E-state index contributed by atoms with van der Waals surface area (Å²) in [7, 11) is 0. The molecule has 1 saturated heterocycles. The number of carbonyl (C=O) groups excluding carboxylic acids is 3. The van der Waals surface area contributed by atoms with Gasteiger partial charge in [0, 0.05) is 12.1 Å². The Morgan fingerprint density at radius 3 is 2.34 bits per heavy atom. The molecule has 0 radical (unpaired) electrons. The van der Waals surface area contributed by atoms with E-state index in [1.165, 1.54) is 4.90 Å². The SMILES string of the molecule is CC(C)C(NC(=O)[C@H]1CCCN1C(=O)[C@@H](N)C(C)C)[C@H](OC(=O)C(F)(F)F)c1nnc(-c2ccccc2)o1. The summed E-state index contributed by atoms with van der Waals surface area (Å²) in [6.45, 7) is 7.15. The van der Waals surface area contributed by atoms with E-state index in [0.29, 0.717) is 24.9 Å². The Morgan fingerprint density at radius 2 is 1.76 bits per heavy atom. The Kier molecular flexibility index (Phi) is 9.13. The number of rotatable bonds is 9. The molecule has 1 aromatic heterocycles. The van der Waals surface area contributed by atoms with E-state index in [0.717, 1.165) is 0 Å². The minimum atomic E-state index is -5.30. The summed E-state index contributed by atoms with van der Waals surface area (Å²) < 4.78 is 49.9. The topological polar surface area (TPSA) is 141 Å². The van der Waals surface area contributed by atoms with Crippen LogP contribution in [0.4, 0.5) is 13.2 Å². The highest BCUT2D eigenvalue weighted by atomic mass is 19.4. The van der Waals surface area contributed by atoms with Crippen LogP contribution < -0.4 is 11.1 Å². The van der Waals surface area contributed by atoms with Gasteiger partial charge in [-0.25, -0.2) is 4.79 Å². The highest BCUT2D eigenvalue weighted by Crippen LogP contribution is 2.31. The number of aromatic nitrogens is 2. The van der Waals surface area contributed by atoms with Crippen molar-refractivity contribution in [3.05, 3.63) is 36.2 Å². The lowest BCUT2D eigenvalue weighted by Crippen LogP contribution is -2.55. The average molecular weight is 540 g/mol. The molecule has 10 nitrogen and oxygen atoms in total. The van der Waals surface area contributed by atoms with E-state index in [4.69, 9.17) is 14.9 Å². The first kappa shape index (κ1) is 29.1. The van der Waals surface area contributed by atoms with Crippen molar-refractivity contribution in [2.75, 3.05) is 6.54 Å². The van der Waals surface area contributed by atoms with E-state index in [9.17, 15) is 27.6 Å². The van der Waals surface area contributed by atoms with E-state index < -0.39 is 54.1 Å². The minimum absolute atomic E-state index is 0.00210. The monoisotopic (exact) mass is 539 g/mol. The Hall–Kier alpha value is -3.48. The van der Waals surface area contributed by atoms with Crippen molar-refractivity contribution in [3.8, 4) is 11.5 Å². The molecule has 38 heavy (non-hydrogen) atoms. The van der Waals surface area contributed by atoms with Crippen LogP contribution in [-0.2, 0) is 19.1 Å². The number of hydrogen-bond acceptors (Lipinski definition) is 8. The summed E-state index contributed by atoms with van der Waals surface area (Å²) in [4.78, 5) is 39.4. The highest BCUT2D eigenvalue weighted by molar-refractivity contribution is 5.90. The number of likely N-dealkylation sites (tertiary alicyclic amines) is 1. The molecule has 1 aromatic carbocycles. The average Bonchev–Trinajstić information content (AvgIpc) is 3.55. The molecular weight excluding hydrogens is 507 g/mol. The van der Waals surface area contributed by atoms with Gasteiger partial charge < -0.3 is 25.1 Å². The molecule has 2 heterocycles. The van der Waals surface area contributed by atoms with E-state index in [-0.39, 0.29) is 17.7 Å². The van der Waals surface area contributed by atoms with Crippen molar-refractivity contribution in [1.82, 2.24) is 20.4 Å². The molecule has 0 spiro atoms. The number of alkyl halides is 3. The van der Waals surface area contributed by atoms with E-state index in [2.05, 4.69) is 15.5 Å². The van der Waals surface area contributed by atoms with Crippen LogP contribution in [0.3, 0.4) is 0 Å². The van der Waals surface area contributed by atoms with Gasteiger partial charge in [0.1, 0.15) is 6.04 Å². The first-order valence-corrected chi connectivity index (χ1v) is 12.3.